The number of hydrogen-bond donors (Lipinski definition) is 4. The number of anilines is 1. The summed E-state index contributed by atoms with van der Waals surface area (Å²) in [5.41, 5.74) is 7.12. The van der Waals surface area contributed by atoms with Gasteiger partial charge in [-0.15, -0.1) is 28.1 Å². The standard InChI is InChI=1S/C27H23N9O7S2/c1-2-42-34-19(17-12-45-27(29)31-17)23(38)32-20-24(39)36-21(26(40)41)15(11-44-25(20)36)4-3-7-35-8-5-14(6-9-35)16-10-18(43-33-16)22(37)30-13-28/h3-6,8-10,12,20,25,28H,2,7,11H2,1H3,(H3-,29,31,32,38,40,41)/p+1/b4-3+,34-19-/t20-,25-/m1/s1. The monoisotopic (exact) mass is 650 g/mol. The molecule has 1 fully saturated rings. The Morgan fingerprint density at radius 2 is 2.16 bits per heavy atom. The Hall–Kier alpha value is -5.45. The van der Waals surface area contributed by atoms with Crippen molar-refractivity contribution in [1.82, 2.24) is 20.4 Å². The lowest BCUT2D eigenvalue weighted by Crippen LogP contribution is -2.71. The first-order valence-electron chi connectivity index (χ1n) is 13.1. The number of β-lactam (4-membered cyclic amide) rings is 1. The predicted molar refractivity (Wildman–Crippen MR) is 160 cm³/mol. The van der Waals surface area contributed by atoms with Crippen LogP contribution in [0.1, 0.15) is 23.2 Å². The van der Waals surface area contributed by atoms with Crippen LogP contribution in [0.15, 0.2) is 74.1 Å². The molecule has 1 saturated heterocycles. The summed E-state index contributed by atoms with van der Waals surface area (Å²) >= 11 is 2.44. The number of hydrogen-bond acceptors (Lipinski definition) is 13. The molecule has 0 radical (unpaired) electrons. The van der Waals surface area contributed by atoms with Crippen molar-refractivity contribution in [3.05, 3.63) is 70.8 Å². The van der Waals surface area contributed by atoms with Crippen molar-refractivity contribution >= 4 is 63.6 Å². The summed E-state index contributed by atoms with van der Waals surface area (Å²) in [5, 5.41) is 28.2. The molecule has 230 valence electrons. The van der Waals surface area contributed by atoms with Gasteiger partial charge < -0.3 is 25.5 Å². The average Bonchev–Trinajstić information content (AvgIpc) is 3.70. The van der Waals surface area contributed by atoms with Gasteiger partial charge in [0, 0.05) is 34.9 Å². The van der Waals surface area contributed by atoms with Gasteiger partial charge in [0.1, 0.15) is 35.1 Å². The molecule has 0 aromatic carbocycles. The quantitative estimate of drug-likeness (QED) is 0.1000. The molecule has 18 heteroatoms. The molecule has 2 aliphatic rings. The van der Waals surface area contributed by atoms with E-state index < -0.39 is 35.1 Å². The lowest BCUT2D eigenvalue weighted by atomic mass is 10.0. The van der Waals surface area contributed by atoms with Gasteiger partial charge >= 0.3 is 11.9 Å². The predicted octanol–water partition coefficient (Wildman–Crippen LogP) is 1.30. The number of carboxylic acid groups (broad SMARTS) is 1. The van der Waals surface area contributed by atoms with Gasteiger partial charge in [0.2, 0.25) is 5.76 Å². The number of oxime groups is 1. The van der Waals surface area contributed by atoms with Gasteiger partial charge in [-0.1, -0.05) is 16.4 Å². The lowest BCUT2D eigenvalue weighted by molar-refractivity contribution is -0.686. The Morgan fingerprint density at radius 1 is 1.38 bits per heavy atom. The van der Waals surface area contributed by atoms with Crippen LogP contribution >= 0.6 is 23.1 Å². The zero-order valence-corrected chi connectivity index (χ0v) is 25.0. The molecule has 3 amide bonds. The van der Waals surface area contributed by atoms with Crippen molar-refractivity contribution in [1.29, 1.82) is 5.41 Å². The molecule has 5 heterocycles. The van der Waals surface area contributed by atoms with Crippen molar-refractivity contribution in [2.75, 3.05) is 18.1 Å². The molecule has 2 aliphatic heterocycles. The Bertz CT molecular complexity index is 1810. The number of allylic oxidation sites excluding steroid dienone is 2. The largest absolute Gasteiger partial charge is 0.477 e. The van der Waals surface area contributed by atoms with Crippen LogP contribution in [-0.4, -0.2) is 79.3 Å². The molecular weight excluding hydrogens is 626 g/mol. The van der Waals surface area contributed by atoms with Crippen LogP contribution in [-0.2, 0) is 25.8 Å². The van der Waals surface area contributed by atoms with Gasteiger partial charge in [-0.05, 0) is 18.6 Å². The second kappa shape index (κ2) is 13.5. The molecule has 45 heavy (non-hydrogen) atoms. The Labute approximate surface area is 262 Å². The summed E-state index contributed by atoms with van der Waals surface area (Å²) in [6.07, 6.45) is 6.95. The van der Waals surface area contributed by atoms with E-state index in [1.54, 1.807) is 55.0 Å². The van der Waals surface area contributed by atoms with Gasteiger partial charge in [0.05, 0.1) is 6.01 Å². The second-order valence-electron chi connectivity index (χ2n) is 9.26. The number of rotatable bonds is 11. The SMILES string of the molecule is CCO/N=C(\C(=O)N[C@@H]1C(=O)N2C(C(=O)O)=C(/C=C/C[n+]3ccc(-c4cc(C(=O)N=C=N)on4)cc3)CS[C@H]12)c1csc(N)n1. The molecule has 0 saturated carbocycles. The maximum absolute atomic E-state index is 13.1. The topological polar surface area (TPSA) is 230 Å². The van der Waals surface area contributed by atoms with E-state index in [1.807, 2.05) is 4.57 Å². The molecular formula is C27H24N9O7S2+. The summed E-state index contributed by atoms with van der Waals surface area (Å²) in [4.78, 5) is 63.6. The Balaban J connectivity index is 1.25. The van der Waals surface area contributed by atoms with Gasteiger partial charge in [-0.3, -0.25) is 19.3 Å². The molecule has 2 atom stereocenters. The molecule has 0 spiro atoms. The van der Waals surface area contributed by atoms with Crippen LogP contribution in [0, 0.1) is 5.41 Å². The van der Waals surface area contributed by atoms with Gasteiger partial charge in [-0.25, -0.2) is 19.8 Å². The van der Waals surface area contributed by atoms with E-state index in [1.165, 1.54) is 22.7 Å². The zero-order valence-electron chi connectivity index (χ0n) is 23.4. The highest BCUT2D eigenvalue weighted by molar-refractivity contribution is 8.00. The number of carboxylic acids is 1. The molecule has 3 aromatic heterocycles. The number of nitrogen functional groups attached to an aromatic ring is 1. The molecule has 5 rings (SSSR count). The molecule has 3 aromatic rings. The van der Waals surface area contributed by atoms with Crippen molar-refractivity contribution in [3.63, 3.8) is 0 Å². The van der Waals surface area contributed by atoms with Crippen molar-refractivity contribution in [3.8, 4) is 11.3 Å². The van der Waals surface area contributed by atoms with E-state index in [0.717, 1.165) is 11.3 Å². The van der Waals surface area contributed by atoms with E-state index in [-0.39, 0.29) is 34.6 Å². The van der Waals surface area contributed by atoms with Gasteiger partial charge in [0.15, 0.2) is 29.8 Å². The number of thiazole rings is 1. The van der Waals surface area contributed by atoms with Crippen LogP contribution in [0.5, 0.6) is 0 Å². The number of aromatic nitrogens is 3. The lowest BCUT2D eigenvalue weighted by Gasteiger charge is -2.49. The van der Waals surface area contributed by atoms with E-state index >= 15 is 0 Å². The minimum Gasteiger partial charge on any atom is -0.477 e. The van der Waals surface area contributed by atoms with Crippen molar-refractivity contribution in [2.45, 2.75) is 24.9 Å². The number of nitrogens with two attached hydrogens (primary N) is 1. The van der Waals surface area contributed by atoms with Crippen molar-refractivity contribution < 1.29 is 38.2 Å². The van der Waals surface area contributed by atoms with Crippen LogP contribution < -0.4 is 15.6 Å². The first-order chi connectivity index (χ1) is 21.7. The highest BCUT2D eigenvalue weighted by Gasteiger charge is 2.54. The van der Waals surface area contributed by atoms with E-state index in [9.17, 15) is 24.3 Å². The smallest absolute Gasteiger partial charge is 0.352 e. The number of carbonyl (C=O) groups is 4. The summed E-state index contributed by atoms with van der Waals surface area (Å²) in [6, 6.07) is 5.60. The maximum Gasteiger partial charge on any atom is 0.352 e. The maximum atomic E-state index is 13.1. The number of fused-ring (bicyclic) bond motifs is 1. The summed E-state index contributed by atoms with van der Waals surface area (Å²) in [7, 11) is 0. The van der Waals surface area contributed by atoms with Crippen LogP contribution in [0.4, 0.5) is 5.13 Å². The van der Waals surface area contributed by atoms with Crippen LogP contribution in [0.2, 0.25) is 0 Å². The van der Waals surface area contributed by atoms with Crippen LogP contribution in [0.25, 0.3) is 11.3 Å². The average molecular weight is 651 g/mol. The number of pyridine rings is 1. The molecule has 0 aliphatic carbocycles. The summed E-state index contributed by atoms with van der Waals surface area (Å²) in [5.74, 6) is -3.11. The minimum absolute atomic E-state index is 0.115. The highest BCUT2D eigenvalue weighted by Crippen LogP contribution is 2.40. The summed E-state index contributed by atoms with van der Waals surface area (Å²) in [6.45, 7) is 2.28. The zero-order chi connectivity index (χ0) is 32.1. The molecule has 0 bridgehead atoms. The molecule has 16 nitrogen and oxygen atoms in total. The van der Waals surface area contributed by atoms with E-state index in [0.29, 0.717) is 29.1 Å². The normalized spacial score (nSPS) is 17.8. The van der Waals surface area contributed by atoms with Gasteiger partial charge in [-0.2, -0.15) is 0 Å². The number of carbonyl (C=O) groups excluding carboxylic acids is 3. The number of thioether (sulfide) groups is 1. The molecule has 5 N–H and O–H groups in total. The fourth-order valence-corrected chi connectivity index (χ4v) is 6.26. The number of nitrogens with zero attached hydrogens (tertiary/aromatic N) is 6. The second-order valence-corrected chi connectivity index (χ2v) is 11.3. The highest BCUT2D eigenvalue weighted by atomic mass is 32.2. The number of amides is 3. The van der Waals surface area contributed by atoms with E-state index in [2.05, 4.69) is 25.6 Å². The number of aliphatic carboxylic acids is 1. The van der Waals surface area contributed by atoms with Crippen molar-refractivity contribution in [2.24, 2.45) is 10.1 Å². The third-order valence-corrected chi connectivity index (χ3v) is 8.43. The first kappa shape index (κ1) is 31.0. The number of nitrogens with one attached hydrogen (secondary N) is 2. The molecule has 0 unspecified atom stereocenters. The Kier molecular flexibility index (Phi) is 9.27. The number of aliphatic imine (C=N–C) groups is 1. The third-order valence-electron chi connectivity index (χ3n) is 6.45. The Morgan fingerprint density at radius 3 is 2.82 bits per heavy atom. The van der Waals surface area contributed by atoms with Crippen LogP contribution in [0.3, 0.4) is 0 Å². The van der Waals surface area contributed by atoms with E-state index in [4.69, 9.17) is 20.5 Å². The first-order valence-corrected chi connectivity index (χ1v) is 15.1. The van der Waals surface area contributed by atoms with Gasteiger partial charge in [0.25, 0.3) is 11.8 Å². The minimum atomic E-state index is -1.26. The fraction of sp³-hybridized carbons (Fsp3) is 0.222. The fourth-order valence-electron chi connectivity index (χ4n) is 4.40. The summed E-state index contributed by atoms with van der Waals surface area (Å²) < 4.78 is 6.79. The third kappa shape index (κ3) is 6.57.